The van der Waals surface area contributed by atoms with Crippen LogP contribution in [0.3, 0.4) is 0 Å². The summed E-state index contributed by atoms with van der Waals surface area (Å²) in [5, 5.41) is 11.7. The maximum atomic E-state index is 13.5. The standard InChI is InChI=1S/C26H22F3N3O5/c1-24-11-18(36-23(35)31-13-14-6-4-3-5-7-14)25(2,37-24)20-19(24)21(33)32(22(20)34)16-9-8-15(12-30)17(10-16)26(27,28)29/h3-10,18-20H,11,13H2,1-2H3,(H,31,35)/t18?,19-,20+,24?,25?/m1/s1. The average Bonchev–Trinajstić information content (AvgIpc) is 3.37. The Bertz CT molecular complexity index is 1340. The lowest BCUT2D eigenvalue weighted by Gasteiger charge is -2.34. The van der Waals surface area contributed by atoms with Gasteiger partial charge in [0, 0.05) is 13.0 Å². The monoisotopic (exact) mass is 513 g/mol. The predicted octanol–water partition coefficient (Wildman–Crippen LogP) is 3.93. The number of nitrogens with one attached hydrogen (secondary N) is 1. The lowest BCUT2D eigenvalue weighted by Crippen LogP contribution is -2.51. The number of alkyl halides is 3. The van der Waals surface area contributed by atoms with Crippen molar-refractivity contribution in [1.29, 1.82) is 5.26 Å². The predicted molar refractivity (Wildman–Crippen MR) is 122 cm³/mol. The molecule has 3 fully saturated rings. The van der Waals surface area contributed by atoms with Crippen LogP contribution in [-0.2, 0) is 31.8 Å². The van der Waals surface area contributed by atoms with Crippen LogP contribution in [0.4, 0.5) is 23.7 Å². The number of anilines is 1. The zero-order valence-electron chi connectivity index (χ0n) is 19.8. The van der Waals surface area contributed by atoms with Gasteiger partial charge in [-0.15, -0.1) is 0 Å². The molecule has 0 saturated carbocycles. The molecule has 5 rings (SSSR count). The molecule has 0 aromatic heterocycles. The van der Waals surface area contributed by atoms with Crippen molar-refractivity contribution in [2.24, 2.45) is 11.8 Å². The number of halogens is 3. The number of nitriles is 1. The third-order valence-corrected chi connectivity index (χ3v) is 7.48. The van der Waals surface area contributed by atoms with E-state index in [4.69, 9.17) is 14.7 Å². The SMILES string of the molecule is CC12CC(OC(=O)NCc3ccccc3)C(C)(O1)[C@@H]1C(=O)N(c3ccc(C#N)c(C(F)(F)F)c3)C(=O)[C@@H]12. The summed E-state index contributed by atoms with van der Waals surface area (Å²) < 4.78 is 52.3. The molecule has 0 radical (unpaired) electrons. The van der Waals surface area contributed by atoms with Crippen molar-refractivity contribution in [2.75, 3.05) is 4.90 Å². The molecule has 3 aliphatic rings. The molecule has 192 valence electrons. The molecule has 0 spiro atoms. The number of fused-ring (bicyclic) bond motifs is 5. The zero-order chi connectivity index (χ0) is 26.8. The molecule has 2 bridgehead atoms. The van der Waals surface area contributed by atoms with Crippen LogP contribution in [0.25, 0.3) is 0 Å². The molecule has 3 aliphatic heterocycles. The summed E-state index contributed by atoms with van der Waals surface area (Å²) in [4.78, 5) is 40.2. The van der Waals surface area contributed by atoms with Crippen molar-refractivity contribution >= 4 is 23.6 Å². The first-order valence-electron chi connectivity index (χ1n) is 11.6. The summed E-state index contributed by atoms with van der Waals surface area (Å²) in [7, 11) is 0. The first-order valence-corrected chi connectivity index (χ1v) is 11.6. The van der Waals surface area contributed by atoms with Crippen LogP contribution in [0.5, 0.6) is 0 Å². The first-order chi connectivity index (χ1) is 17.4. The Balaban J connectivity index is 1.39. The number of benzene rings is 2. The van der Waals surface area contributed by atoms with E-state index >= 15 is 0 Å². The molecule has 8 nitrogen and oxygen atoms in total. The van der Waals surface area contributed by atoms with Gasteiger partial charge in [-0.3, -0.25) is 9.59 Å². The van der Waals surface area contributed by atoms with E-state index in [9.17, 15) is 27.6 Å². The maximum absolute atomic E-state index is 13.5. The third kappa shape index (κ3) is 3.83. The van der Waals surface area contributed by atoms with Gasteiger partial charge in [0.05, 0.1) is 40.3 Å². The van der Waals surface area contributed by atoms with Crippen LogP contribution in [0, 0.1) is 23.2 Å². The lowest BCUT2D eigenvalue weighted by molar-refractivity contribution is -0.138. The molecule has 3 amide bonds. The van der Waals surface area contributed by atoms with Gasteiger partial charge >= 0.3 is 12.3 Å². The minimum absolute atomic E-state index is 0.136. The number of carbonyl (C=O) groups is 3. The number of amides is 3. The van der Waals surface area contributed by atoms with E-state index in [1.165, 1.54) is 6.07 Å². The number of carbonyl (C=O) groups excluding carboxylic acids is 3. The molecule has 2 aromatic carbocycles. The molecule has 2 aromatic rings. The molecular formula is C26H22F3N3O5. The Morgan fingerprint density at radius 3 is 2.49 bits per heavy atom. The van der Waals surface area contributed by atoms with Gasteiger partial charge in [-0.05, 0) is 37.6 Å². The molecule has 11 heteroatoms. The van der Waals surface area contributed by atoms with Crippen LogP contribution >= 0.6 is 0 Å². The van der Waals surface area contributed by atoms with Crippen molar-refractivity contribution < 1.29 is 37.0 Å². The van der Waals surface area contributed by atoms with Crippen molar-refractivity contribution in [3.63, 3.8) is 0 Å². The third-order valence-electron chi connectivity index (χ3n) is 7.48. The van der Waals surface area contributed by atoms with E-state index < -0.39 is 64.4 Å². The highest BCUT2D eigenvalue weighted by Crippen LogP contribution is 2.61. The van der Waals surface area contributed by atoms with E-state index in [0.29, 0.717) is 6.07 Å². The van der Waals surface area contributed by atoms with Gasteiger partial charge in [0.1, 0.15) is 11.7 Å². The number of ether oxygens (including phenoxy) is 2. The lowest BCUT2D eigenvalue weighted by atomic mass is 9.67. The molecule has 3 saturated heterocycles. The van der Waals surface area contributed by atoms with E-state index in [0.717, 1.165) is 22.6 Å². The Morgan fingerprint density at radius 2 is 1.84 bits per heavy atom. The van der Waals surface area contributed by atoms with Crippen LogP contribution in [-0.4, -0.2) is 35.2 Å². The molecule has 3 unspecified atom stereocenters. The summed E-state index contributed by atoms with van der Waals surface area (Å²) in [6, 6.07) is 13.4. The van der Waals surface area contributed by atoms with E-state index in [1.807, 2.05) is 30.3 Å². The number of rotatable bonds is 4. The number of nitrogens with zero attached hydrogens (tertiary/aromatic N) is 2. The highest BCUT2D eigenvalue weighted by atomic mass is 19.4. The van der Waals surface area contributed by atoms with Gasteiger partial charge in [-0.1, -0.05) is 30.3 Å². The molecule has 3 heterocycles. The van der Waals surface area contributed by atoms with Gasteiger partial charge in [-0.25, -0.2) is 9.69 Å². The number of imide groups is 1. The maximum Gasteiger partial charge on any atom is 0.417 e. The second-order valence-corrected chi connectivity index (χ2v) is 9.84. The van der Waals surface area contributed by atoms with Crippen LogP contribution in [0.2, 0.25) is 0 Å². The van der Waals surface area contributed by atoms with Gasteiger partial charge < -0.3 is 14.8 Å². The van der Waals surface area contributed by atoms with Crippen LogP contribution < -0.4 is 10.2 Å². The van der Waals surface area contributed by atoms with Gasteiger partial charge in [-0.2, -0.15) is 18.4 Å². The van der Waals surface area contributed by atoms with Crippen molar-refractivity contribution in [3.8, 4) is 6.07 Å². The molecule has 37 heavy (non-hydrogen) atoms. The Hall–Kier alpha value is -3.91. The van der Waals surface area contributed by atoms with Crippen molar-refractivity contribution in [2.45, 2.75) is 50.3 Å². The fourth-order valence-electron chi connectivity index (χ4n) is 5.85. The Morgan fingerprint density at radius 1 is 1.16 bits per heavy atom. The fourth-order valence-corrected chi connectivity index (χ4v) is 5.85. The summed E-state index contributed by atoms with van der Waals surface area (Å²) in [5.74, 6) is -3.44. The van der Waals surface area contributed by atoms with Crippen LogP contribution in [0.15, 0.2) is 48.5 Å². The van der Waals surface area contributed by atoms with E-state index in [2.05, 4.69) is 5.32 Å². The number of hydrogen-bond donors (Lipinski definition) is 1. The van der Waals surface area contributed by atoms with Crippen molar-refractivity contribution in [1.82, 2.24) is 5.32 Å². The normalized spacial score (nSPS) is 30.3. The van der Waals surface area contributed by atoms with Crippen LogP contribution in [0.1, 0.15) is 37.0 Å². The molecule has 1 N–H and O–H groups in total. The van der Waals surface area contributed by atoms with E-state index in [-0.39, 0.29) is 18.7 Å². The topological polar surface area (TPSA) is 109 Å². The zero-order valence-corrected chi connectivity index (χ0v) is 19.8. The number of alkyl carbamates (subject to hydrolysis) is 1. The second-order valence-electron chi connectivity index (χ2n) is 9.84. The molecular weight excluding hydrogens is 491 g/mol. The highest BCUT2D eigenvalue weighted by molar-refractivity contribution is 6.23. The Kier molecular flexibility index (Phi) is 5.56. The smallest absolute Gasteiger partial charge is 0.417 e. The summed E-state index contributed by atoms with van der Waals surface area (Å²) in [6.07, 6.45) is -6.30. The minimum Gasteiger partial charge on any atom is -0.443 e. The second kappa shape index (κ2) is 8.31. The van der Waals surface area contributed by atoms with Gasteiger partial charge in [0.2, 0.25) is 11.8 Å². The van der Waals surface area contributed by atoms with E-state index in [1.54, 1.807) is 13.8 Å². The molecule has 0 aliphatic carbocycles. The highest BCUT2D eigenvalue weighted by Gasteiger charge is 2.77. The summed E-state index contributed by atoms with van der Waals surface area (Å²) in [5.41, 5.74) is -3.80. The summed E-state index contributed by atoms with van der Waals surface area (Å²) in [6.45, 7) is 3.43. The number of hydrogen-bond acceptors (Lipinski definition) is 6. The average molecular weight is 513 g/mol. The Labute approximate surface area is 209 Å². The molecule has 5 atom stereocenters. The minimum atomic E-state index is -4.85. The fraction of sp³-hybridized carbons (Fsp3) is 0.385. The summed E-state index contributed by atoms with van der Waals surface area (Å²) >= 11 is 0. The van der Waals surface area contributed by atoms with Gasteiger partial charge in [0.25, 0.3) is 0 Å². The van der Waals surface area contributed by atoms with Gasteiger partial charge in [0.15, 0.2) is 0 Å². The van der Waals surface area contributed by atoms with Crippen molar-refractivity contribution in [3.05, 3.63) is 65.2 Å². The first kappa shape index (κ1) is 24.8. The largest absolute Gasteiger partial charge is 0.443 e. The quantitative estimate of drug-likeness (QED) is 0.621.